The molecule has 0 N–H and O–H groups in total. The predicted octanol–water partition coefficient (Wildman–Crippen LogP) is 3.41. The highest BCUT2D eigenvalue weighted by molar-refractivity contribution is 14.0. The number of rotatable bonds is 0. The smallest absolute Gasteiger partial charge is 0.151 e. The number of ketones is 1. The fourth-order valence-corrected chi connectivity index (χ4v) is 1.40. The molecule has 0 amide bonds. The minimum atomic E-state index is -0.233. The Kier molecular flexibility index (Phi) is 5.62. The Morgan fingerprint density at radius 3 is 1.25 bits per heavy atom. The highest BCUT2D eigenvalue weighted by atomic mass is 127. The molecule has 0 aromatic heterocycles. The molecule has 0 spiro atoms. The Bertz CT molecular complexity index is 185. The Labute approximate surface area is 108 Å². The summed E-state index contributed by atoms with van der Waals surface area (Å²) in [5, 5.41) is 0. The average molecular weight is 394 g/mol. The second-order valence-corrected chi connectivity index (χ2v) is 4.11. The SMILES string of the molecule is CC1(C)C=CC(C)(C)C1=O.I.I. The maximum Gasteiger partial charge on any atom is 0.151 e. The first-order chi connectivity index (χ1) is 4.36. The van der Waals surface area contributed by atoms with E-state index in [1.165, 1.54) is 0 Å². The number of allylic oxidation sites excluding steroid dienone is 2. The summed E-state index contributed by atoms with van der Waals surface area (Å²) in [5.74, 6) is 0.319. The standard InChI is InChI=1S/C9H14O.2HI/c1-8(2)5-6-9(3,4)7(8)10;;/h5-6H,1-4H3;2*1H. The van der Waals surface area contributed by atoms with Crippen molar-refractivity contribution in [1.29, 1.82) is 0 Å². The van der Waals surface area contributed by atoms with E-state index in [0.717, 1.165) is 0 Å². The van der Waals surface area contributed by atoms with E-state index >= 15 is 0 Å². The maximum absolute atomic E-state index is 11.5. The number of hydrogen-bond donors (Lipinski definition) is 0. The molecule has 0 aromatic rings. The van der Waals surface area contributed by atoms with Gasteiger partial charge >= 0.3 is 0 Å². The van der Waals surface area contributed by atoms with Crippen molar-refractivity contribution in [3.8, 4) is 0 Å². The van der Waals surface area contributed by atoms with Crippen LogP contribution >= 0.6 is 48.0 Å². The van der Waals surface area contributed by atoms with Crippen LogP contribution in [0.3, 0.4) is 0 Å². The van der Waals surface area contributed by atoms with Crippen LogP contribution in [0.2, 0.25) is 0 Å². The Morgan fingerprint density at radius 1 is 0.917 bits per heavy atom. The van der Waals surface area contributed by atoms with Gasteiger partial charge in [0.2, 0.25) is 0 Å². The molecule has 0 aliphatic heterocycles. The van der Waals surface area contributed by atoms with E-state index in [4.69, 9.17) is 0 Å². The lowest BCUT2D eigenvalue weighted by atomic mass is 9.81. The van der Waals surface area contributed by atoms with Gasteiger partial charge in [0.05, 0.1) is 0 Å². The van der Waals surface area contributed by atoms with E-state index in [0.29, 0.717) is 5.78 Å². The van der Waals surface area contributed by atoms with Crippen LogP contribution in [-0.2, 0) is 4.79 Å². The van der Waals surface area contributed by atoms with Gasteiger partial charge in [-0.2, -0.15) is 0 Å². The lowest BCUT2D eigenvalue weighted by molar-refractivity contribution is -0.129. The van der Waals surface area contributed by atoms with Crippen molar-refractivity contribution >= 4 is 53.7 Å². The summed E-state index contributed by atoms with van der Waals surface area (Å²) in [6.07, 6.45) is 3.99. The summed E-state index contributed by atoms with van der Waals surface area (Å²) in [4.78, 5) is 11.5. The maximum atomic E-state index is 11.5. The van der Waals surface area contributed by atoms with Gasteiger partial charge in [-0.25, -0.2) is 0 Å². The second kappa shape index (κ2) is 4.39. The van der Waals surface area contributed by atoms with Crippen LogP contribution in [0.15, 0.2) is 12.2 Å². The molecule has 0 saturated heterocycles. The number of Topliss-reactive ketones (excluding diaryl/α,β-unsaturated/α-hetero) is 1. The largest absolute Gasteiger partial charge is 0.298 e. The van der Waals surface area contributed by atoms with Crippen LogP contribution in [0.4, 0.5) is 0 Å². The third kappa shape index (κ3) is 2.68. The summed E-state index contributed by atoms with van der Waals surface area (Å²) in [6.45, 7) is 7.84. The Morgan fingerprint density at radius 2 is 1.17 bits per heavy atom. The summed E-state index contributed by atoms with van der Waals surface area (Å²) >= 11 is 0. The van der Waals surface area contributed by atoms with Crippen LogP contribution in [0.25, 0.3) is 0 Å². The summed E-state index contributed by atoms with van der Waals surface area (Å²) < 4.78 is 0. The normalized spacial score (nSPS) is 22.8. The lowest BCUT2D eigenvalue weighted by Crippen LogP contribution is -2.28. The van der Waals surface area contributed by atoms with E-state index in [2.05, 4.69) is 0 Å². The zero-order valence-corrected chi connectivity index (χ0v) is 12.5. The minimum Gasteiger partial charge on any atom is -0.298 e. The van der Waals surface area contributed by atoms with Gasteiger partial charge in [0, 0.05) is 10.8 Å². The highest BCUT2D eigenvalue weighted by Crippen LogP contribution is 2.38. The molecule has 0 unspecified atom stereocenters. The molecule has 72 valence electrons. The molecule has 0 bridgehead atoms. The van der Waals surface area contributed by atoms with Gasteiger partial charge in [0.25, 0.3) is 0 Å². The van der Waals surface area contributed by atoms with Crippen molar-refractivity contribution in [3.63, 3.8) is 0 Å². The van der Waals surface area contributed by atoms with Crippen LogP contribution in [-0.4, -0.2) is 5.78 Å². The van der Waals surface area contributed by atoms with Gasteiger partial charge in [0.15, 0.2) is 5.78 Å². The molecule has 0 radical (unpaired) electrons. The molecule has 3 heteroatoms. The van der Waals surface area contributed by atoms with Crippen LogP contribution in [0, 0.1) is 10.8 Å². The van der Waals surface area contributed by atoms with Crippen LogP contribution in [0.1, 0.15) is 27.7 Å². The molecule has 0 aromatic carbocycles. The first-order valence-electron chi connectivity index (χ1n) is 3.61. The third-order valence-electron chi connectivity index (χ3n) is 2.09. The van der Waals surface area contributed by atoms with Crippen molar-refractivity contribution < 1.29 is 4.79 Å². The van der Waals surface area contributed by atoms with Crippen LogP contribution in [0.5, 0.6) is 0 Å². The summed E-state index contributed by atoms with van der Waals surface area (Å²) in [6, 6.07) is 0. The molecule has 0 heterocycles. The first-order valence-corrected chi connectivity index (χ1v) is 3.61. The van der Waals surface area contributed by atoms with Gasteiger partial charge in [0.1, 0.15) is 0 Å². The van der Waals surface area contributed by atoms with Crippen molar-refractivity contribution in [1.82, 2.24) is 0 Å². The van der Waals surface area contributed by atoms with E-state index in [1.54, 1.807) is 0 Å². The molecular formula is C9H16I2O. The van der Waals surface area contributed by atoms with Crippen molar-refractivity contribution in [2.75, 3.05) is 0 Å². The third-order valence-corrected chi connectivity index (χ3v) is 2.09. The van der Waals surface area contributed by atoms with E-state index < -0.39 is 0 Å². The molecule has 0 fully saturated rings. The number of halogens is 2. The van der Waals surface area contributed by atoms with Gasteiger partial charge in [-0.15, -0.1) is 48.0 Å². The van der Waals surface area contributed by atoms with Gasteiger partial charge in [-0.1, -0.05) is 12.2 Å². The summed E-state index contributed by atoms with van der Waals surface area (Å²) in [7, 11) is 0. The van der Waals surface area contributed by atoms with E-state index in [9.17, 15) is 4.79 Å². The zero-order chi connectivity index (χ0) is 7.99. The van der Waals surface area contributed by atoms with Crippen molar-refractivity contribution in [2.45, 2.75) is 27.7 Å². The zero-order valence-electron chi connectivity index (χ0n) is 7.88. The Balaban J connectivity index is 0. The molecular weight excluding hydrogens is 378 g/mol. The van der Waals surface area contributed by atoms with E-state index in [-0.39, 0.29) is 58.8 Å². The lowest BCUT2D eigenvalue weighted by Gasteiger charge is -2.20. The Hall–Kier alpha value is 0.870. The molecule has 1 aliphatic carbocycles. The summed E-state index contributed by atoms with van der Waals surface area (Å²) in [5.41, 5.74) is -0.465. The number of carbonyl (C=O) groups is 1. The predicted molar refractivity (Wildman–Crippen MR) is 72.5 cm³/mol. The molecule has 0 saturated carbocycles. The van der Waals surface area contributed by atoms with Gasteiger partial charge in [-0.05, 0) is 27.7 Å². The first kappa shape index (κ1) is 15.3. The quantitative estimate of drug-likeness (QED) is 0.455. The molecule has 12 heavy (non-hydrogen) atoms. The molecule has 1 aliphatic rings. The van der Waals surface area contributed by atoms with Crippen molar-refractivity contribution in [2.24, 2.45) is 10.8 Å². The fraction of sp³-hybridized carbons (Fsp3) is 0.667. The molecule has 0 atom stereocenters. The van der Waals surface area contributed by atoms with Crippen molar-refractivity contribution in [3.05, 3.63) is 12.2 Å². The topological polar surface area (TPSA) is 17.1 Å². The second-order valence-electron chi connectivity index (χ2n) is 4.11. The minimum absolute atomic E-state index is 0. The van der Waals surface area contributed by atoms with Gasteiger partial charge < -0.3 is 0 Å². The van der Waals surface area contributed by atoms with Gasteiger partial charge in [-0.3, -0.25) is 4.79 Å². The molecule has 1 rings (SSSR count). The molecule has 1 nitrogen and oxygen atoms in total. The van der Waals surface area contributed by atoms with E-state index in [1.807, 2.05) is 39.8 Å². The fourth-order valence-electron chi connectivity index (χ4n) is 1.40. The monoisotopic (exact) mass is 394 g/mol. The number of carbonyl (C=O) groups excluding carboxylic acids is 1. The highest BCUT2D eigenvalue weighted by Gasteiger charge is 2.40. The number of hydrogen-bond acceptors (Lipinski definition) is 1. The van der Waals surface area contributed by atoms with Crippen LogP contribution < -0.4 is 0 Å². The average Bonchev–Trinajstić information content (AvgIpc) is 1.95.